The maximum absolute atomic E-state index is 9.01. The molecule has 0 N–H and O–H groups in total. The van der Waals surface area contributed by atoms with Crippen molar-refractivity contribution in [1.29, 1.82) is 5.26 Å². The molecule has 0 bridgehead atoms. The summed E-state index contributed by atoms with van der Waals surface area (Å²) in [4.78, 5) is 0. The first-order valence-electron chi connectivity index (χ1n) is 7.77. The Bertz CT molecular complexity index is 475. The van der Waals surface area contributed by atoms with E-state index in [9.17, 15) is 0 Å². The van der Waals surface area contributed by atoms with Gasteiger partial charge in [0.25, 0.3) is 0 Å². The van der Waals surface area contributed by atoms with Crippen LogP contribution in [-0.2, 0) is 0 Å². The Labute approximate surface area is 134 Å². The van der Waals surface area contributed by atoms with E-state index in [1.807, 2.05) is 26.0 Å². The van der Waals surface area contributed by atoms with E-state index in [1.54, 1.807) is 0 Å². The fraction of sp³-hybridized carbons (Fsp3) is 0.611. The van der Waals surface area contributed by atoms with Gasteiger partial charge in [0.2, 0.25) is 0 Å². The summed E-state index contributed by atoms with van der Waals surface area (Å²) in [7, 11) is 0. The molecule has 0 saturated carbocycles. The van der Waals surface area contributed by atoms with Crippen molar-refractivity contribution in [3.63, 3.8) is 0 Å². The fourth-order valence-corrected chi connectivity index (χ4v) is 3.41. The Kier molecular flexibility index (Phi) is 7.11. The van der Waals surface area contributed by atoms with E-state index in [4.69, 9.17) is 10.00 Å². The van der Waals surface area contributed by atoms with E-state index in [1.165, 1.54) is 0 Å². The minimum Gasteiger partial charge on any atom is -0.492 e. The first-order chi connectivity index (χ1) is 10.0. The van der Waals surface area contributed by atoms with Gasteiger partial charge >= 0.3 is 0 Å². The molecular formula is C18H27NOS. The largest absolute Gasteiger partial charge is 0.492 e. The second kappa shape index (κ2) is 8.34. The number of hydrogen-bond acceptors (Lipinski definition) is 3. The van der Waals surface area contributed by atoms with Crippen LogP contribution in [0.3, 0.4) is 0 Å². The molecule has 0 spiro atoms. The Morgan fingerprint density at radius 1 is 1.14 bits per heavy atom. The van der Waals surface area contributed by atoms with Crippen LogP contribution in [-0.4, -0.2) is 12.4 Å². The number of ether oxygens (including phenoxy) is 1. The number of benzene rings is 1. The average Bonchev–Trinajstić information content (AvgIpc) is 2.46. The zero-order valence-corrected chi connectivity index (χ0v) is 14.6. The summed E-state index contributed by atoms with van der Waals surface area (Å²) in [5, 5.41) is 9.01. The van der Waals surface area contributed by atoms with E-state index in [0.29, 0.717) is 12.2 Å². The maximum Gasteiger partial charge on any atom is 0.125 e. The van der Waals surface area contributed by atoms with Gasteiger partial charge < -0.3 is 4.74 Å². The second-order valence-electron chi connectivity index (χ2n) is 6.00. The van der Waals surface area contributed by atoms with Crippen molar-refractivity contribution in [1.82, 2.24) is 0 Å². The molecule has 0 aliphatic carbocycles. The number of aryl methyl sites for hydroxylation is 2. The molecule has 0 radical (unpaired) electrons. The van der Waals surface area contributed by atoms with Crippen LogP contribution in [0.5, 0.6) is 5.75 Å². The number of hydrogen-bond donors (Lipinski definition) is 1. The molecule has 0 aromatic heterocycles. The van der Waals surface area contributed by atoms with Crippen molar-refractivity contribution in [2.75, 3.05) is 12.4 Å². The van der Waals surface area contributed by atoms with Crippen LogP contribution in [0.15, 0.2) is 12.1 Å². The smallest absolute Gasteiger partial charge is 0.125 e. The van der Waals surface area contributed by atoms with Gasteiger partial charge in [-0.25, -0.2) is 0 Å². The number of thiol groups is 1. The Morgan fingerprint density at radius 3 is 2.05 bits per heavy atom. The summed E-state index contributed by atoms with van der Waals surface area (Å²) in [6, 6.07) is 5.98. The third-order valence-electron chi connectivity index (χ3n) is 4.01. The van der Waals surface area contributed by atoms with Crippen molar-refractivity contribution in [3.8, 4) is 11.8 Å². The highest BCUT2D eigenvalue weighted by atomic mass is 32.1. The molecule has 0 amide bonds. The highest BCUT2D eigenvalue weighted by molar-refractivity contribution is 7.80. The van der Waals surface area contributed by atoms with E-state index in [-0.39, 0.29) is 5.41 Å². The topological polar surface area (TPSA) is 33.0 Å². The maximum atomic E-state index is 9.01. The molecule has 3 heteroatoms. The lowest BCUT2D eigenvalue weighted by Crippen LogP contribution is -2.31. The molecule has 1 aromatic rings. The van der Waals surface area contributed by atoms with Crippen molar-refractivity contribution >= 4 is 12.6 Å². The molecular weight excluding hydrogens is 278 g/mol. The lowest BCUT2D eigenvalue weighted by atomic mass is 9.82. The third kappa shape index (κ3) is 4.68. The van der Waals surface area contributed by atoms with Gasteiger partial charge in [0, 0.05) is 5.41 Å². The molecule has 1 rings (SSSR count). The summed E-state index contributed by atoms with van der Waals surface area (Å²) >= 11 is 4.58. The molecule has 0 aliphatic rings. The Balaban J connectivity index is 2.93. The molecule has 116 valence electrons. The summed E-state index contributed by atoms with van der Waals surface area (Å²) in [6.45, 7) is 9.14. The molecule has 0 saturated heterocycles. The predicted octanol–water partition coefficient (Wildman–Crippen LogP) is 5.07. The highest BCUT2D eigenvalue weighted by Gasteiger charge is 2.28. The normalized spacial score (nSPS) is 11.2. The lowest BCUT2D eigenvalue weighted by Gasteiger charge is -2.32. The SMILES string of the molecule is CCCC(CS)(CCC)COc1c(C)cc(C#N)cc1C. The van der Waals surface area contributed by atoms with Gasteiger partial charge in [-0.2, -0.15) is 17.9 Å². The first-order valence-corrected chi connectivity index (χ1v) is 8.40. The fourth-order valence-electron chi connectivity index (χ4n) is 3.00. The minimum atomic E-state index is 0.152. The molecule has 0 aliphatic heterocycles. The highest BCUT2D eigenvalue weighted by Crippen LogP contribution is 2.34. The van der Waals surface area contributed by atoms with Crippen molar-refractivity contribution < 1.29 is 4.74 Å². The molecule has 0 heterocycles. The van der Waals surface area contributed by atoms with Crippen molar-refractivity contribution in [2.45, 2.75) is 53.4 Å². The predicted molar refractivity (Wildman–Crippen MR) is 92.2 cm³/mol. The first kappa shape index (κ1) is 17.9. The molecule has 0 atom stereocenters. The average molecular weight is 305 g/mol. The molecule has 1 aromatic carbocycles. The zero-order chi connectivity index (χ0) is 15.9. The Morgan fingerprint density at radius 2 is 1.67 bits per heavy atom. The van der Waals surface area contributed by atoms with E-state index < -0.39 is 0 Å². The monoisotopic (exact) mass is 305 g/mol. The summed E-state index contributed by atoms with van der Waals surface area (Å²) < 4.78 is 6.17. The summed E-state index contributed by atoms with van der Waals surface area (Å²) in [5.41, 5.74) is 2.92. The number of nitrogens with zero attached hydrogens (tertiary/aromatic N) is 1. The molecule has 21 heavy (non-hydrogen) atoms. The van der Waals surface area contributed by atoms with Gasteiger partial charge in [-0.15, -0.1) is 0 Å². The van der Waals surface area contributed by atoms with Crippen molar-refractivity contribution in [2.24, 2.45) is 5.41 Å². The van der Waals surface area contributed by atoms with Crippen LogP contribution in [0, 0.1) is 30.6 Å². The van der Waals surface area contributed by atoms with Crippen LogP contribution in [0.1, 0.15) is 56.2 Å². The zero-order valence-electron chi connectivity index (χ0n) is 13.7. The van der Waals surface area contributed by atoms with E-state index in [0.717, 1.165) is 48.3 Å². The summed E-state index contributed by atoms with van der Waals surface area (Å²) in [5.74, 6) is 1.77. The Hall–Kier alpha value is -1.14. The summed E-state index contributed by atoms with van der Waals surface area (Å²) in [6.07, 6.45) is 4.57. The third-order valence-corrected chi connectivity index (χ3v) is 4.68. The molecule has 0 unspecified atom stereocenters. The van der Waals surface area contributed by atoms with Crippen LogP contribution < -0.4 is 4.74 Å². The second-order valence-corrected chi connectivity index (χ2v) is 6.31. The van der Waals surface area contributed by atoms with Gasteiger partial charge in [-0.1, -0.05) is 26.7 Å². The van der Waals surface area contributed by atoms with Gasteiger partial charge in [0.15, 0.2) is 0 Å². The van der Waals surface area contributed by atoms with E-state index in [2.05, 4.69) is 32.5 Å². The lowest BCUT2D eigenvalue weighted by molar-refractivity contribution is 0.142. The minimum absolute atomic E-state index is 0.152. The van der Waals surface area contributed by atoms with Crippen LogP contribution in [0.4, 0.5) is 0 Å². The molecule has 2 nitrogen and oxygen atoms in total. The standard InChI is InChI=1S/C18H27NOS/c1-5-7-18(13-21,8-6-2)12-20-17-14(3)9-16(11-19)10-15(17)4/h9-10,21H,5-8,12-13H2,1-4H3. The van der Waals surface area contributed by atoms with Crippen molar-refractivity contribution in [3.05, 3.63) is 28.8 Å². The quantitative estimate of drug-likeness (QED) is 0.680. The number of nitriles is 1. The van der Waals surface area contributed by atoms with Crippen LogP contribution >= 0.6 is 12.6 Å². The molecule has 0 fully saturated rings. The number of rotatable bonds is 8. The van der Waals surface area contributed by atoms with E-state index >= 15 is 0 Å². The van der Waals surface area contributed by atoms with Crippen LogP contribution in [0.25, 0.3) is 0 Å². The van der Waals surface area contributed by atoms with Crippen LogP contribution in [0.2, 0.25) is 0 Å². The van der Waals surface area contributed by atoms with Gasteiger partial charge in [-0.3, -0.25) is 0 Å². The van der Waals surface area contributed by atoms with Gasteiger partial charge in [0.05, 0.1) is 18.2 Å². The van der Waals surface area contributed by atoms with Gasteiger partial charge in [-0.05, 0) is 55.7 Å². The van der Waals surface area contributed by atoms with Gasteiger partial charge in [0.1, 0.15) is 5.75 Å².